The maximum Gasteiger partial charge on any atom is 0.305 e. The van der Waals surface area contributed by atoms with E-state index in [1.54, 1.807) is 6.07 Å². The highest BCUT2D eigenvalue weighted by Gasteiger charge is 2.45. The van der Waals surface area contributed by atoms with Gasteiger partial charge >= 0.3 is 5.97 Å². The largest absolute Gasteiger partial charge is 0.469 e. The first-order chi connectivity index (χ1) is 29.4. The minimum Gasteiger partial charge on any atom is -0.469 e. The molecule has 0 spiro atoms. The number of quaternary nitrogens is 2. The molecule has 3 aromatic rings. The monoisotopic (exact) mass is 883 g/mol. The van der Waals surface area contributed by atoms with E-state index in [0.29, 0.717) is 19.3 Å². The number of nitrogens with zero attached hydrogens (tertiary/aromatic N) is 7. The Morgan fingerprint density at radius 3 is 2.30 bits per heavy atom. The normalized spacial score (nSPS) is 18.9. The smallest absolute Gasteiger partial charge is 0.305 e. The van der Waals surface area contributed by atoms with Crippen molar-refractivity contribution in [2.75, 3.05) is 80.5 Å². The van der Waals surface area contributed by atoms with E-state index >= 15 is 0 Å². The van der Waals surface area contributed by atoms with Gasteiger partial charge in [-0.15, -0.1) is 5.10 Å². The average Bonchev–Trinajstić information content (AvgIpc) is 3.80. The third-order valence-electron chi connectivity index (χ3n) is 12.8. The molecule has 1 N–H and O–H groups in total. The lowest BCUT2D eigenvalue weighted by Crippen LogP contribution is -2.37. The van der Waals surface area contributed by atoms with Gasteiger partial charge in [0.25, 0.3) is 10.1 Å². The molecule has 0 fully saturated rings. The number of allylic oxidation sites excluding steroid dienone is 8. The van der Waals surface area contributed by atoms with Crippen LogP contribution in [0.25, 0.3) is 5.70 Å². The molecule has 0 amide bonds. The first kappa shape index (κ1) is 47.8. The Bertz CT molecular complexity index is 2490. The van der Waals surface area contributed by atoms with E-state index in [-0.39, 0.29) is 16.3 Å². The van der Waals surface area contributed by atoms with E-state index in [4.69, 9.17) is 9.95 Å². The van der Waals surface area contributed by atoms with Crippen LogP contribution >= 0.6 is 0 Å². The molecule has 1 aromatic heterocycles. The van der Waals surface area contributed by atoms with Gasteiger partial charge in [0.15, 0.2) is 12.3 Å². The molecule has 340 valence electrons. The van der Waals surface area contributed by atoms with Gasteiger partial charge in [-0.1, -0.05) is 42.8 Å². The van der Waals surface area contributed by atoms with Crippen molar-refractivity contribution >= 4 is 38.9 Å². The molecule has 12 nitrogen and oxygen atoms in total. The van der Waals surface area contributed by atoms with E-state index < -0.39 is 15.5 Å². The number of hydrogen-bond donors (Lipinski definition) is 1. The fourth-order valence-corrected chi connectivity index (χ4v) is 9.93. The Morgan fingerprint density at radius 1 is 0.905 bits per heavy atom. The van der Waals surface area contributed by atoms with Crippen LogP contribution in [0.5, 0.6) is 0 Å². The SMILES string of the molecule is COC(=O)CCCc1cn(C2=C(/C=C/C3=[N+](CCC[N+](C)(C)C)c4ccc(C)cc4C3(C)C)CCC/C2=C\C=C2\N(CCC[N+](C)(C)C)c3ccc(S(=O)(=O)O)cc3C2(C)C)nn1. The molecule has 63 heavy (non-hydrogen) atoms. The predicted octanol–water partition coefficient (Wildman–Crippen LogP) is 8.16. The summed E-state index contributed by atoms with van der Waals surface area (Å²) in [6.07, 6.45) is 17.2. The zero-order chi connectivity index (χ0) is 46.1. The minimum absolute atomic E-state index is 0.101. The summed E-state index contributed by atoms with van der Waals surface area (Å²) in [5.41, 5.74) is 11.4. The molecule has 0 unspecified atom stereocenters. The maximum absolute atomic E-state index is 12.3. The number of esters is 1. The molecule has 2 aliphatic heterocycles. The zero-order valence-corrected chi connectivity index (χ0v) is 40.8. The second-order valence-electron chi connectivity index (χ2n) is 20.7. The van der Waals surface area contributed by atoms with E-state index in [1.165, 1.54) is 41.3 Å². The van der Waals surface area contributed by atoms with Crippen molar-refractivity contribution in [3.63, 3.8) is 0 Å². The number of anilines is 1. The summed E-state index contributed by atoms with van der Waals surface area (Å²) in [7, 11) is 10.3. The van der Waals surface area contributed by atoms with E-state index in [9.17, 15) is 17.8 Å². The van der Waals surface area contributed by atoms with Gasteiger partial charge < -0.3 is 18.6 Å². The number of hydrogen-bond acceptors (Lipinski definition) is 7. The van der Waals surface area contributed by atoms with Gasteiger partial charge in [-0.25, -0.2) is 4.68 Å². The second kappa shape index (κ2) is 18.4. The Hall–Kier alpha value is -4.69. The highest BCUT2D eigenvalue weighted by Crippen LogP contribution is 2.49. The van der Waals surface area contributed by atoms with Gasteiger partial charge in [-0.05, 0) is 99.9 Å². The van der Waals surface area contributed by atoms with Crippen molar-refractivity contribution in [3.8, 4) is 0 Å². The van der Waals surface area contributed by atoms with Gasteiger partial charge in [0.1, 0.15) is 0 Å². The van der Waals surface area contributed by atoms with Crippen molar-refractivity contribution in [2.45, 2.75) is 102 Å². The Kier molecular flexibility index (Phi) is 14.0. The molecule has 0 saturated carbocycles. The number of aryl methyl sites for hydroxylation is 2. The van der Waals surface area contributed by atoms with Crippen molar-refractivity contribution in [2.24, 2.45) is 0 Å². The number of carbonyl (C=O) groups is 1. The minimum atomic E-state index is -4.39. The van der Waals surface area contributed by atoms with Crippen molar-refractivity contribution in [1.82, 2.24) is 15.0 Å². The highest BCUT2D eigenvalue weighted by molar-refractivity contribution is 7.85. The van der Waals surface area contributed by atoms with Crippen LogP contribution in [0.4, 0.5) is 11.4 Å². The summed E-state index contributed by atoms with van der Waals surface area (Å²) < 4.78 is 45.8. The molecule has 0 radical (unpaired) electrons. The van der Waals surface area contributed by atoms with E-state index in [1.807, 2.05) is 16.9 Å². The summed E-state index contributed by atoms with van der Waals surface area (Å²) in [6.45, 7) is 14.8. The topological polar surface area (TPSA) is 118 Å². The van der Waals surface area contributed by atoms with Crippen LogP contribution in [0, 0.1) is 6.92 Å². The highest BCUT2D eigenvalue weighted by atomic mass is 32.2. The number of benzene rings is 2. The molecule has 3 heterocycles. The lowest BCUT2D eigenvalue weighted by atomic mass is 9.80. The van der Waals surface area contributed by atoms with Crippen LogP contribution in [0.15, 0.2) is 88.6 Å². The first-order valence-corrected chi connectivity index (χ1v) is 23.9. The standard InChI is InChI=1S/C50H71N7O5S/c1-36-21-25-43-41(33-36)49(2,3)45(53(43)29-15-31-56(6,7)8)27-22-37-17-13-18-38(48(37)55-35-39(51-52-55)19-14-20-47(58)62-12)23-28-46-50(4,5)42-34-40(63(59,60)61)24-26-44(42)54(46)30-16-32-57(9,10)11/h21-28,33-35H,13-20,29-32H2,1-12H3/q+2/p+1. The van der Waals surface area contributed by atoms with Crippen molar-refractivity contribution in [1.29, 1.82) is 0 Å². The molecule has 0 bridgehead atoms. The number of rotatable bonds is 17. The third-order valence-corrected chi connectivity index (χ3v) is 13.7. The van der Waals surface area contributed by atoms with Crippen LogP contribution < -0.4 is 4.90 Å². The van der Waals surface area contributed by atoms with Crippen LogP contribution in [-0.2, 0) is 36.9 Å². The average molecular weight is 883 g/mol. The second-order valence-corrected chi connectivity index (χ2v) is 22.2. The Labute approximate surface area is 376 Å². The van der Waals surface area contributed by atoms with Crippen molar-refractivity contribution < 1.29 is 36.0 Å². The van der Waals surface area contributed by atoms with Crippen LogP contribution in [0.1, 0.15) is 95.0 Å². The van der Waals surface area contributed by atoms with Crippen molar-refractivity contribution in [3.05, 3.63) is 106 Å². The molecular formula is C50H72N7O5S+3. The number of methoxy groups -OCH3 is 1. The molecule has 3 aliphatic rings. The molecule has 0 atom stereocenters. The van der Waals surface area contributed by atoms with Crippen LogP contribution in [0.3, 0.4) is 0 Å². The molecular weight excluding hydrogens is 811 g/mol. The van der Waals surface area contributed by atoms with Gasteiger partial charge in [-0.2, -0.15) is 13.0 Å². The van der Waals surface area contributed by atoms with Gasteiger partial charge in [0.2, 0.25) is 5.69 Å². The van der Waals surface area contributed by atoms with Gasteiger partial charge in [0.05, 0.1) is 96.8 Å². The molecule has 0 saturated heterocycles. The Balaban J connectivity index is 1.47. The van der Waals surface area contributed by atoms with Crippen LogP contribution in [-0.4, -0.2) is 129 Å². The fraction of sp³-hybridized carbons (Fsp3) is 0.520. The van der Waals surface area contributed by atoms with Crippen LogP contribution in [0.2, 0.25) is 0 Å². The number of carbonyl (C=O) groups excluding carboxylic acids is 1. The Morgan fingerprint density at radius 2 is 1.62 bits per heavy atom. The summed E-state index contributed by atoms with van der Waals surface area (Å²) in [5, 5.41) is 9.32. The predicted molar refractivity (Wildman–Crippen MR) is 253 cm³/mol. The molecule has 13 heteroatoms. The summed E-state index contributed by atoms with van der Waals surface area (Å²) in [5.74, 6) is -0.239. The third kappa shape index (κ3) is 11.0. The zero-order valence-electron chi connectivity index (χ0n) is 40.0. The number of fused-ring (bicyclic) bond motifs is 2. The quantitative estimate of drug-likeness (QED) is 0.0625. The van der Waals surface area contributed by atoms with E-state index in [2.05, 4.69) is 134 Å². The maximum atomic E-state index is 12.3. The summed E-state index contributed by atoms with van der Waals surface area (Å²) in [4.78, 5) is 14.1. The van der Waals surface area contributed by atoms with Gasteiger partial charge in [0, 0.05) is 53.9 Å². The number of ether oxygens (including phenoxy) is 1. The van der Waals surface area contributed by atoms with Gasteiger partial charge in [-0.3, -0.25) is 9.35 Å². The summed E-state index contributed by atoms with van der Waals surface area (Å²) >= 11 is 0. The lowest BCUT2D eigenvalue weighted by Gasteiger charge is -2.29. The van der Waals surface area contributed by atoms with E-state index in [0.717, 1.165) is 101 Å². The fourth-order valence-electron chi connectivity index (χ4n) is 9.42. The summed E-state index contributed by atoms with van der Waals surface area (Å²) in [6, 6.07) is 11.8. The molecule has 6 rings (SSSR count). The molecule has 1 aliphatic carbocycles. The number of aromatic nitrogens is 3. The first-order valence-electron chi connectivity index (χ1n) is 22.5. The lowest BCUT2D eigenvalue weighted by molar-refractivity contribution is -0.871. The molecule has 2 aromatic carbocycles.